The minimum absolute atomic E-state index is 0.0265. The molecule has 0 amide bonds. The molecule has 0 aliphatic carbocycles. The number of benzene rings is 1. The molecule has 27 heavy (non-hydrogen) atoms. The average molecular weight is 387 g/mol. The van der Waals surface area contributed by atoms with Crippen LogP contribution in [0.4, 0.5) is 16.0 Å². The summed E-state index contributed by atoms with van der Waals surface area (Å²) < 4.78 is 16.3. The second-order valence-electron chi connectivity index (χ2n) is 6.56. The van der Waals surface area contributed by atoms with Gasteiger partial charge >= 0.3 is 0 Å². The van der Waals surface area contributed by atoms with Crippen LogP contribution in [0, 0.1) is 11.7 Å². The highest BCUT2D eigenvalue weighted by molar-refractivity contribution is 6.33. The Kier molecular flexibility index (Phi) is 4.55. The first-order chi connectivity index (χ1) is 13.1. The van der Waals surface area contributed by atoms with Crippen LogP contribution in [0.25, 0.3) is 27.3 Å². The third-order valence-corrected chi connectivity index (χ3v) is 5.13. The zero-order chi connectivity index (χ0) is 19.0. The van der Waals surface area contributed by atoms with Gasteiger partial charge in [0.05, 0.1) is 10.6 Å². The molecule has 138 valence electrons. The SMILES string of the molecule is CC1CCN(c2c(-c3c(F)cccc3Cl)c(N=[N+]=[N-])nc3ncnn23)CC1. The fraction of sp³-hybridized carbons (Fsp3) is 0.353. The zero-order valence-electron chi connectivity index (χ0n) is 14.5. The van der Waals surface area contributed by atoms with E-state index >= 15 is 0 Å². The van der Waals surface area contributed by atoms with Gasteiger partial charge in [-0.15, -0.1) is 0 Å². The molecule has 0 bridgehead atoms. The zero-order valence-corrected chi connectivity index (χ0v) is 15.3. The van der Waals surface area contributed by atoms with Crippen molar-refractivity contribution in [2.24, 2.45) is 11.0 Å². The predicted octanol–water partition coefficient (Wildman–Crippen LogP) is 4.76. The van der Waals surface area contributed by atoms with Crippen LogP contribution in [0.1, 0.15) is 19.8 Å². The van der Waals surface area contributed by atoms with Crippen molar-refractivity contribution in [2.45, 2.75) is 19.8 Å². The number of hydrogen-bond acceptors (Lipinski definition) is 5. The summed E-state index contributed by atoms with van der Waals surface area (Å²) in [5.74, 6) is 0.968. The summed E-state index contributed by atoms with van der Waals surface area (Å²) in [4.78, 5) is 13.3. The Morgan fingerprint density at radius 1 is 1.30 bits per heavy atom. The normalized spacial score (nSPS) is 15.1. The summed E-state index contributed by atoms with van der Waals surface area (Å²) in [5.41, 5.74) is 9.49. The molecule has 3 heterocycles. The van der Waals surface area contributed by atoms with Gasteiger partial charge in [-0.25, -0.2) is 9.37 Å². The minimum Gasteiger partial charge on any atom is -0.356 e. The second kappa shape index (κ2) is 7.02. The molecular weight excluding hydrogens is 371 g/mol. The molecule has 0 N–H and O–H groups in total. The number of rotatable bonds is 3. The molecule has 4 rings (SSSR count). The first-order valence-corrected chi connectivity index (χ1v) is 8.96. The van der Waals surface area contributed by atoms with E-state index in [-0.39, 0.29) is 22.2 Å². The van der Waals surface area contributed by atoms with Crippen molar-refractivity contribution in [3.8, 4) is 11.1 Å². The maximum Gasteiger partial charge on any atom is 0.254 e. The van der Waals surface area contributed by atoms with E-state index in [0.29, 0.717) is 17.3 Å². The molecular formula is C17H16ClFN8. The van der Waals surface area contributed by atoms with Crippen LogP contribution in [-0.2, 0) is 0 Å². The van der Waals surface area contributed by atoms with Crippen molar-refractivity contribution in [3.05, 3.63) is 45.8 Å². The molecule has 0 saturated carbocycles. The van der Waals surface area contributed by atoms with Crippen molar-refractivity contribution in [1.82, 2.24) is 19.6 Å². The molecule has 0 atom stereocenters. The molecule has 1 fully saturated rings. The largest absolute Gasteiger partial charge is 0.356 e. The van der Waals surface area contributed by atoms with Crippen LogP contribution < -0.4 is 4.90 Å². The molecule has 1 aliphatic heterocycles. The number of fused-ring (bicyclic) bond motifs is 1. The first kappa shape index (κ1) is 17.5. The summed E-state index contributed by atoms with van der Waals surface area (Å²) in [6.07, 6.45) is 3.34. The Balaban J connectivity index is 2.07. The maximum absolute atomic E-state index is 14.8. The molecule has 0 unspecified atom stereocenters. The lowest BCUT2D eigenvalue weighted by Gasteiger charge is -2.33. The fourth-order valence-corrected chi connectivity index (χ4v) is 3.66. The highest BCUT2D eigenvalue weighted by Gasteiger charge is 2.28. The van der Waals surface area contributed by atoms with E-state index in [4.69, 9.17) is 17.1 Å². The third kappa shape index (κ3) is 3.05. The molecule has 1 aliphatic rings. The highest BCUT2D eigenvalue weighted by Crippen LogP contribution is 2.43. The Labute approximate surface area is 159 Å². The van der Waals surface area contributed by atoms with Gasteiger partial charge in [-0.3, -0.25) is 0 Å². The van der Waals surface area contributed by atoms with E-state index in [1.807, 2.05) is 0 Å². The fourth-order valence-electron chi connectivity index (χ4n) is 3.41. The molecule has 8 nitrogen and oxygen atoms in total. The van der Waals surface area contributed by atoms with Gasteiger partial charge in [-0.1, -0.05) is 24.6 Å². The number of hydrogen-bond donors (Lipinski definition) is 0. The molecule has 0 spiro atoms. The first-order valence-electron chi connectivity index (χ1n) is 8.58. The molecule has 1 saturated heterocycles. The Bertz CT molecular complexity index is 1030. The van der Waals surface area contributed by atoms with Crippen LogP contribution in [0.15, 0.2) is 29.6 Å². The van der Waals surface area contributed by atoms with Crippen molar-refractivity contribution >= 4 is 29.0 Å². The molecule has 1 aromatic carbocycles. The number of piperidine rings is 1. The van der Waals surface area contributed by atoms with Crippen LogP contribution >= 0.6 is 11.6 Å². The standard InChI is InChI=1S/C17H16ClFN8/c1-10-5-7-26(8-6-10)16-14(13-11(18)3-2-4-12(13)19)15(24-25-20)23-17-21-9-22-27(16)17/h2-4,9-10H,5-8H2,1H3. The van der Waals surface area contributed by atoms with E-state index in [9.17, 15) is 4.39 Å². The Morgan fingerprint density at radius 2 is 2.07 bits per heavy atom. The molecule has 0 radical (unpaired) electrons. The Morgan fingerprint density at radius 3 is 2.78 bits per heavy atom. The van der Waals surface area contributed by atoms with Crippen molar-refractivity contribution in [3.63, 3.8) is 0 Å². The third-order valence-electron chi connectivity index (χ3n) is 4.82. The van der Waals surface area contributed by atoms with Crippen LogP contribution in [-0.4, -0.2) is 32.7 Å². The lowest BCUT2D eigenvalue weighted by molar-refractivity contribution is 0.435. The summed E-state index contributed by atoms with van der Waals surface area (Å²) in [6.45, 7) is 3.72. The molecule has 3 aromatic rings. The smallest absolute Gasteiger partial charge is 0.254 e. The van der Waals surface area contributed by atoms with Crippen LogP contribution in [0.2, 0.25) is 5.02 Å². The van der Waals surface area contributed by atoms with Crippen molar-refractivity contribution in [2.75, 3.05) is 18.0 Å². The van der Waals surface area contributed by atoms with Gasteiger partial charge in [0.1, 0.15) is 23.8 Å². The quantitative estimate of drug-likeness (QED) is 0.368. The van der Waals surface area contributed by atoms with Gasteiger partial charge in [0.25, 0.3) is 5.78 Å². The van der Waals surface area contributed by atoms with Crippen LogP contribution in [0.3, 0.4) is 0 Å². The monoisotopic (exact) mass is 386 g/mol. The summed E-state index contributed by atoms with van der Waals surface area (Å²) >= 11 is 6.33. The summed E-state index contributed by atoms with van der Waals surface area (Å²) in [6, 6.07) is 4.43. The van der Waals surface area contributed by atoms with Crippen molar-refractivity contribution < 1.29 is 4.39 Å². The number of halogens is 2. The van der Waals surface area contributed by atoms with Gasteiger partial charge in [-0.05, 0) is 41.5 Å². The van der Waals surface area contributed by atoms with Crippen molar-refractivity contribution in [1.29, 1.82) is 0 Å². The summed E-state index contributed by atoms with van der Waals surface area (Å²) in [7, 11) is 0. The minimum atomic E-state index is -0.523. The van der Waals surface area contributed by atoms with E-state index in [0.717, 1.165) is 25.9 Å². The van der Waals surface area contributed by atoms with E-state index in [1.54, 1.807) is 10.6 Å². The van der Waals surface area contributed by atoms with Crippen LogP contribution in [0.5, 0.6) is 0 Å². The molecule has 2 aromatic heterocycles. The lowest BCUT2D eigenvalue weighted by Crippen LogP contribution is -2.34. The van der Waals surface area contributed by atoms with Gasteiger partial charge in [0.2, 0.25) is 0 Å². The van der Waals surface area contributed by atoms with Gasteiger partial charge in [0, 0.05) is 23.6 Å². The topological polar surface area (TPSA) is 95.1 Å². The van der Waals surface area contributed by atoms with Gasteiger partial charge < -0.3 is 4.90 Å². The lowest BCUT2D eigenvalue weighted by atomic mass is 9.98. The van der Waals surface area contributed by atoms with E-state index < -0.39 is 5.82 Å². The average Bonchev–Trinajstić information content (AvgIpc) is 3.11. The second-order valence-corrected chi connectivity index (χ2v) is 6.97. The number of anilines is 1. The Hall–Kier alpha value is -2.90. The maximum atomic E-state index is 14.8. The van der Waals surface area contributed by atoms with E-state index in [1.165, 1.54) is 18.5 Å². The van der Waals surface area contributed by atoms with Gasteiger partial charge in [0.15, 0.2) is 0 Å². The number of nitrogens with zero attached hydrogens (tertiary/aromatic N) is 8. The van der Waals surface area contributed by atoms with Gasteiger partial charge in [-0.2, -0.15) is 14.6 Å². The van der Waals surface area contributed by atoms with E-state index in [2.05, 4.69) is 36.9 Å². The highest BCUT2D eigenvalue weighted by atomic mass is 35.5. The number of azide groups is 1. The molecule has 10 heteroatoms. The summed E-state index contributed by atoms with van der Waals surface area (Å²) in [5, 5.41) is 8.17. The predicted molar refractivity (Wildman–Crippen MR) is 101 cm³/mol. The number of aromatic nitrogens is 4.